The van der Waals surface area contributed by atoms with E-state index in [0.717, 1.165) is 22.3 Å². The van der Waals surface area contributed by atoms with Gasteiger partial charge >= 0.3 is 11.8 Å². The maximum absolute atomic E-state index is 12.3. The number of rotatable bonds is 5. The van der Waals surface area contributed by atoms with Crippen LogP contribution >= 0.6 is 11.6 Å². The van der Waals surface area contributed by atoms with Gasteiger partial charge < -0.3 is 19.0 Å². The first-order valence-corrected chi connectivity index (χ1v) is 8.87. The molecule has 1 amide bonds. The number of carbonyl (C=O) groups excluding carboxylic acids is 1. The number of halogens is 1. The fourth-order valence-corrected chi connectivity index (χ4v) is 3.04. The third-order valence-electron chi connectivity index (χ3n) is 4.36. The molecule has 1 N–H and O–H groups in total. The maximum Gasteiger partial charge on any atom is 0.316 e. The molecule has 0 aliphatic rings. The van der Waals surface area contributed by atoms with Crippen molar-refractivity contribution in [3.05, 3.63) is 64.5 Å². The van der Waals surface area contributed by atoms with Gasteiger partial charge in [0.15, 0.2) is 5.76 Å². The van der Waals surface area contributed by atoms with Gasteiger partial charge in [-0.2, -0.15) is 4.98 Å². The van der Waals surface area contributed by atoms with E-state index in [0.29, 0.717) is 16.4 Å². The number of fused-ring (bicyclic) bond motifs is 1. The van der Waals surface area contributed by atoms with Crippen molar-refractivity contribution in [2.45, 2.75) is 13.5 Å². The number of ether oxygens (including phenoxy) is 1. The molecular weight excluding hydrogens is 382 g/mol. The lowest BCUT2D eigenvalue weighted by atomic mass is 10.1. The number of furan rings is 1. The number of aryl methyl sites for hydroxylation is 1. The number of hydrogen-bond donors (Lipinski definition) is 1. The van der Waals surface area contributed by atoms with Crippen LogP contribution in [0.3, 0.4) is 0 Å². The number of methoxy groups -OCH3 is 1. The standard InChI is InChI=1S/C20H16ClN3O4/c1-11-14-9-13(26-2)7-8-16(14)27-17(11)18-23-20(28-24-18)19(25)22-10-12-5-3-4-6-15(12)21/h3-9H,10H2,1-2H3,(H,22,25). The Kier molecular flexibility index (Phi) is 4.75. The largest absolute Gasteiger partial charge is 0.497 e. The molecule has 2 aromatic carbocycles. The minimum Gasteiger partial charge on any atom is -0.497 e. The van der Waals surface area contributed by atoms with E-state index in [1.165, 1.54) is 0 Å². The molecule has 0 fully saturated rings. The highest BCUT2D eigenvalue weighted by molar-refractivity contribution is 6.31. The summed E-state index contributed by atoms with van der Waals surface area (Å²) in [6, 6.07) is 12.7. The van der Waals surface area contributed by atoms with Crippen LogP contribution in [0.4, 0.5) is 0 Å². The molecule has 0 atom stereocenters. The topological polar surface area (TPSA) is 90.4 Å². The van der Waals surface area contributed by atoms with Crippen molar-refractivity contribution in [2.75, 3.05) is 7.11 Å². The molecule has 0 aliphatic carbocycles. The summed E-state index contributed by atoms with van der Waals surface area (Å²) in [7, 11) is 1.60. The van der Waals surface area contributed by atoms with Crippen molar-refractivity contribution in [3.63, 3.8) is 0 Å². The first-order chi connectivity index (χ1) is 13.6. The molecule has 142 valence electrons. The van der Waals surface area contributed by atoms with Crippen LogP contribution in [-0.2, 0) is 6.54 Å². The molecule has 0 spiro atoms. The second-order valence-electron chi connectivity index (χ2n) is 6.12. The summed E-state index contributed by atoms with van der Waals surface area (Å²) >= 11 is 6.09. The summed E-state index contributed by atoms with van der Waals surface area (Å²) in [6.07, 6.45) is 0. The van der Waals surface area contributed by atoms with E-state index in [-0.39, 0.29) is 18.3 Å². The van der Waals surface area contributed by atoms with E-state index in [1.807, 2.05) is 37.3 Å². The summed E-state index contributed by atoms with van der Waals surface area (Å²) in [6.45, 7) is 2.13. The van der Waals surface area contributed by atoms with Crippen LogP contribution in [0, 0.1) is 6.92 Å². The highest BCUT2D eigenvalue weighted by Crippen LogP contribution is 2.33. The van der Waals surface area contributed by atoms with Crippen LogP contribution in [-0.4, -0.2) is 23.2 Å². The van der Waals surface area contributed by atoms with Crippen LogP contribution in [0.1, 0.15) is 21.8 Å². The molecule has 0 radical (unpaired) electrons. The normalized spacial score (nSPS) is 11.0. The second-order valence-corrected chi connectivity index (χ2v) is 6.52. The molecule has 2 heterocycles. The monoisotopic (exact) mass is 397 g/mol. The molecule has 2 aromatic heterocycles. The third kappa shape index (κ3) is 3.32. The lowest BCUT2D eigenvalue weighted by molar-refractivity contribution is 0.0907. The third-order valence-corrected chi connectivity index (χ3v) is 4.73. The number of hydrogen-bond acceptors (Lipinski definition) is 6. The molecular formula is C20H16ClN3O4. The average molecular weight is 398 g/mol. The predicted octanol–water partition coefficient (Wildman–Crippen LogP) is 4.38. The van der Waals surface area contributed by atoms with Crippen molar-refractivity contribution in [1.29, 1.82) is 0 Å². The van der Waals surface area contributed by atoms with Gasteiger partial charge in [0.1, 0.15) is 11.3 Å². The smallest absolute Gasteiger partial charge is 0.316 e. The van der Waals surface area contributed by atoms with Crippen molar-refractivity contribution in [2.24, 2.45) is 0 Å². The van der Waals surface area contributed by atoms with E-state index in [4.69, 9.17) is 25.3 Å². The fraction of sp³-hybridized carbons (Fsp3) is 0.150. The molecule has 7 nitrogen and oxygen atoms in total. The highest BCUT2D eigenvalue weighted by atomic mass is 35.5. The Hall–Kier alpha value is -3.32. The number of nitrogens with zero attached hydrogens (tertiary/aromatic N) is 2. The van der Waals surface area contributed by atoms with Crippen molar-refractivity contribution in [3.8, 4) is 17.3 Å². The van der Waals surface area contributed by atoms with Gasteiger partial charge in [-0.1, -0.05) is 35.0 Å². The first-order valence-electron chi connectivity index (χ1n) is 8.49. The molecule has 4 rings (SSSR count). The predicted molar refractivity (Wildman–Crippen MR) is 103 cm³/mol. The van der Waals surface area contributed by atoms with Gasteiger partial charge in [-0.3, -0.25) is 4.79 Å². The van der Waals surface area contributed by atoms with E-state index in [9.17, 15) is 4.79 Å². The first kappa shape index (κ1) is 18.1. The van der Waals surface area contributed by atoms with Crippen LogP contribution < -0.4 is 10.1 Å². The minimum atomic E-state index is -0.492. The van der Waals surface area contributed by atoms with Crippen LogP contribution in [0.15, 0.2) is 51.4 Å². The molecule has 0 unspecified atom stereocenters. The second kappa shape index (κ2) is 7.36. The molecule has 8 heteroatoms. The fourth-order valence-electron chi connectivity index (χ4n) is 2.84. The Morgan fingerprint density at radius 2 is 2.07 bits per heavy atom. The molecule has 0 bridgehead atoms. The molecule has 0 aliphatic heterocycles. The number of carbonyl (C=O) groups is 1. The summed E-state index contributed by atoms with van der Waals surface area (Å²) < 4.78 is 16.2. The van der Waals surface area contributed by atoms with Gasteiger partial charge in [0, 0.05) is 22.5 Å². The summed E-state index contributed by atoms with van der Waals surface area (Å²) in [4.78, 5) is 16.5. The number of amides is 1. The average Bonchev–Trinajstić information content (AvgIpc) is 3.32. The summed E-state index contributed by atoms with van der Waals surface area (Å²) in [5, 5.41) is 8.04. The zero-order chi connectivity index (χ0) is 19.7. The molecule has 4 aromatic rings. The summed E-state index contributed by atoms with van der Waals surface area (Å²) in [5.74, 6) is 0.719. The van der Waals surface area contributed by atoms with Crippen LogP contribution in [0.25, 0.3) is 22.6 Å². The summed E-state index contributed by atoms with van der Waals surface area (Å²) in [5.41, 5.74) is 2.29. The number of nitrogens with one attached hydrogen (secondary N) is 1. The molecule has 28 heavy (non-hydrogen) atoms. The number of benzene rings is 2. The van der Waals surface area contributed by atoms with Crippen molar-refractivity contribution < 1.29 is 18.5 Å². The van der Waals surface area contributed by atoms with Gasteiger partial charge in [-0.15, -0.1) is 0 Å². The zero-order valence-electron chi connectivity index (χ0n) is 15.2. The van der Waals surface area contributed by atoms with Crippen molar-refractivity contribution >= 4 is 28.5 Å². The quantitative estimate of drug-likeness (QED) is 0.537. The Bertz CT molecular complexity index is 1170. The van der Waals surface area contributed by atoms with Gasteiger partial charge in [0.05, 0.1) is 7.11 Å². The van der Waals surface area contributed by atoms with Crippen molar-refractivity contribution in [1.82, 2.24) is 15.5 Å². The van der Waals surface area contributed by atoms with E-state index in [2.05, 4.69) is 15.5 Å². The Morgan fingerprint density at radius 3 is 2.86 bits per heavy atom. The molecule has 0 saturated heterocycles. The lowest BCUT2D eigenvalue weighted by Gasteiger charge is -2.04. The van der Waals surface area contributed by atoms with Crippen LogP contribution in [0.5, 0.6) is 5.75 Å². The van der Waals surface area contributed by atoms with Gasteiger partial charge in [0.2, 0.25) is 5.82 Å². The minimum absolute atomic E-state index is 0.153. The Labute approximate surface area is 165 Å². The van der Waals surface area contributed by atoms with E-state index >= 15 is 0 Å². The zero-order valence-corrected chi connectivity index (χ0v) is 15.9. The van der Waals surface area contributed by atoms with E-state index < -0.39 is 5.91 Å². The molecule has 0 saturated carbocycles. The van der Waals surface area contributed by atoms with Gasteiger partial charge in [0.25, 0.3) is 0 Å². The van der Waals surface area contributed by atoms with Crippen LogP contribution in [0.2, 0.25) is 5.02 Å². The van der Waals surface area contributed by atoms with Gasteiger partial charge in [-0.05, 0) is 36.8 Å². The Morgan fingerprint density at radius 1 is 1.25 bits per heavy atom. The lowest BCUT2D eigenvalue weighted by Crippen LogP contribution is -2.23. The highest BCUT2D eigenvalue weighted by Gasteiger charge is 2.21. The van der Waals surface area contributed by atoms with Gasteiger partial charge in [-0.25, -0.2) is 0 Å². The Balaban J connectivity index is 1.56. The van der Waals surface area contributed by atoms with E-state index in [1.54, 1.807) is 19.2 Å². The SMILES string of the molecule is COc1ccc2oc(-c3noc(C(=O)NCc4ccccc4Cl)n3)c(C)c2c1. The number of aromatic nitrogens is 2. The maximum atomic E-state index is 12.3.